The van der Waals surface area contributed by atoms with Crippen molar-refractivity contribution in [1.29, 1.82) is 0 Å². The van der Waals surface area contributed by atoms with Crippen LogP contribution in [0.15, 0.2) is 0 Å². The van der Waals surface area contributed by atoms with Crippen molar-refractivity contribution >= 4 is 15.8 Å². The van der Waals surface area contributed by atoms with E-state index in [0.29, 0.717) is 12.8 Å². The van der Waals surface area contributed by atoms with Crippen LogP contribution in [0.1, 0.15) is 19.8 Å². The topological polar surface area (TPSA) is 71.4 Å². The predicted molar refractivity (Wildman–Crippen MR) is 43.6 cm³/mol. The minimum absolute atomic E-state index is 0.135. The number of rotatable bonds is 1. The molecule has 0 spiro atoms. The summed E-state index contributed by atoms with van der Waals surface area (Å²) in [5.41, 5.74) is -1.06. The molecule has 1 N–H and O–H groups in total. The highest BCUT2D eigenvalue weighted by atomic mass is 32.2. The molecule has 0 radical (unpaired) electrons. The van der Waals surface area contributed by atoms with Crippen LogP contribution in [0.5, 0.6) is 0 Å². The molecule has 1 atom stereocenters. The van der Waals surface area contributed by atoms with Crippen molar-refractivity contribution in [2.24, 2.45) is 5.41 Å². The molecule has 0 aromatic heterocycles. The number of sulfone groups is 1. The Morgan fingerprint density at radius 1 is 1.50 bits per heavy atom. The number of aliphatic carboxylic acids is 1. The standard InChI is InChI=1S/C7H12O4S/c1-7(6(8)9)3-2-4-12(10,11)5-7/h2-5H2,1H3,(H,8,9). The van der Waals surface area contributed by atoms with E-state index in [2.05, 4.69) is 0 Å². The molecule has 1 rings (SSSR count). The largest absolute Gasteiger partial charge is 0.481 e. The molecule has 1 fully saturated rings. The van der Waals surface area contributed by atoms with E-state index in [4.69, 9.17) is 5.11 Å². The van der Waals surface area contributed by atoms with Gasteiger partial charge in [-0.3, -0.25) is 4.79 Å². The summed E-state index contributed by atoms with van der Waals surface area (Å²) in [6.07, 6.45) is 0.923. The van der Waals surface area contributed by atoms with Crippen molar-refractivity contribution in [2.75, 3.05) is 11.5 Å². The summed E-state index contributed by atoms with van der Waals surface area (Å²) in [7, 11) is -3.12. The van der Waals surface area contributed by atoms with Crippen LogP contribution in [0.4, 0.5) is 0 Å². The van der Waals surface area contributed by atoms with Crippen LogP contribution in [0.2, 0.25) is 0 Å². The number of hydrogen-bond acceptors (Lipinski definition) is 3. The zero-order valence-electron chi connectivity index (χ0n) is 6.91. The predicted octanol–water partition coefficient (Wildman–Crippen LogP) is 0.286. The van der Waals surface area contributed by atoms with E-state index in [1.54, 1.807) is 0 Å². The molecule has 4 nitrogen and oxygen atoms in total. The Bertz CT molecular complexity index is 293. The fourth-order valence-corrected chi connectivity index (χ4v) is 3.45. The van der Waals surface area contributed by atoms with Gasteiger partial charge in [-0.1, -0.05) is 0 Å². The molecular weight excluding hydrogens is 180 g/mol. The van der Waals surface area contributed by atoms with Gasteiger partial charge in [0.15, 0.2) is 9.84 Å². The second kappa shape index (κ2) is 2.73. The third-order valence-corrected chi connectivity index (χ3v) is 4.23. The van der Waals surface area contributed by atoms with Gasteiger partial charge in [0.05, 0.1) is 16.9 Å². The van der Waals surface area contributed by atoms with Gasteiger partial charge in [-0.15, -0.1) is 0 Å². The Hall–Kier alpha value is -0.580. The quantitative estimate of drug-likeness (QED) is 0.648. The number of hydrogen-bond donors (Lipinski definition) is 1. The Morgan fingerprint density at radius 3 is 2.42 bits per heavy atom. The summed E-state index contributed by atoms with van der Waals surface area (Å²) in [5, 5.41) is 8.77. The fourth-order valence-electron chi connectivity index (χ4n) is 1.48. The van der Waals surface area contributed by atoms with Crippen molar-refractivity contribution in [1.82, 2.24) is 0 Å². The summed E-state index contributed by atoms with van der Waals surface area (Å²) >= 11 is 0. The maximum atomic E-state index is 11.1. The Morgan fingerprint density at radius 2 is 2.08 bits per heavy atom. The van der Waals surface area contributed by atoms with Crippen molar-refractivity contribution in [3.8, 4) is 0 Å². The van der Waals surface area contributed by atoms with Crippen LogP contribution < -0.4 is 0 Å². The van der Waals surface area contributed by atoms with Gasteiger partial charge >= 0.3 is 5.97 Å². The van der Waals surface area contributed by atoms with Crippen LogP contribution in [0, 0.1) is 5.41 Å². The van der Waals surface area contributed by atoms with Gasteiger partial charge in [0.2, 0.25) is 0 Å². The van der Waals surface area contributed by atoms with Gasteiger partial charge in [-0.05, 0) is 19.8 Å². The van der Waals surface area contributed by atoms with Crippen LogP contribution in [0.25, 0.3) is 0 Å². The SMILES string of the molecule is CC1(C(=O)O)CCCS(=O)(=O)C1. The van der Waals surface area contributed by atoms with Crippen LogP contribution >= 0.6 is 0 Å². The van der Waals surface area contributed by atoms with Crippen LogP contribution in [0.3, 0.4) is 0 Å². The summed E-state index contributed by atoms with van der Waals surface area (Å²) in [4.78, 5) is 10.7. The molecule has 0 bridgehead atoms. The van der Waals surface area contributed by atoms with E-state index >= 15 is 0 Å². The highest BCUT2D eigenvalue weighted by Gasteiger charge is 2.40. The Balaban J connectivity index is 2.89. The lowest BCUT2D eigenvalue weighted by Gasteiger charge is -2.28. The van der Waals surface area contributed by atoms with E-state index < -0.39 is 21.2 Å². The average Bonchev–Trinajstić information content (AvgIpc) is 1.83. The smallest absolute Gasteiger partial charge is 0.310 e. The Labute approximate surface area is 71.5 Å². The molecule has 0 saturated carbocycles. The first-order valence-electron chi connectivity index (χ1n) is 3.80. The fraction of sp³-hybridized carbons (Fsp3) is 0.857. The van der Waals surface area contributed by atoms with Gasteiger partial charge < -0.3 is 5.11 Å². The monoisotopic (exact) mass is 192 g/mol. The zero-order chi connectivity index (χ0) is 9.41. The molecule has 0 aromatic rings. The van der Waals surface area contributed by atoms with E-state index in [9.17, 15) is 13.2 Å². The molecule has 1 aliphatic rings. The maximum absolute atomic E-state index is 11.1. The van der Waals surface area contributed by atoms with Crippen molar-refractivity contribution in [3.63, 3.8) is 0 Å². The van der Waals surface area contributed by atoms with Gasteiger partial charge in [0.1, 0.15) is 0 Å². The molecule has 1 unspecified atom stereocenters. The Kier molecular flexibility index (Phi) is 2.16. The van der Waals surface area contributed by atoms with Gasteiger partial charge in [-0.25, -0.2) is 8.42 Å². The minimum Gasteiger partial charge on any atom is -0.481 e. The normalized spacial score (nSPS) is 34.4. The second-order valence-electron chi connectivity index (χ2n) is 3.56. The summed E-state index contributed by atoms with van der Waals surface area (Å²) in [5.74, 6) is -1.09. The first kappa shape index (κ1) is 9.51. The highest BCUT2D eigenvalue weighted by Crippen LogP contribution is 2.30. The van der Waals surface area contributed by atoms with Crippen molar-refractivity contribution < 1.29 is 18.3 Å². The number of carbonyl (C=O) groups is 1. The lowest BCUT2D eigenvalue weighted by Crippen LogP contribution is -2.40. The highest BCUT2D eigenvalue weighted by molar-refractivity contribution is 7.91. The lowest BCUT2D eigenvalue weighted by atomic mass is 9.88. The van der Waals surface area contributed by atoms with E-state index in [-0.39, 0.29) is 11.5 Å². The first-order valence-corrected chi connectivity index (χ1v) is 5.62. The van der Waals surface area contributed by atoms with Gasteiger partial charge in [-0.2, -0.15) is 0 Å². The molecule has 0 aromatic carbocycles. The molecule has 70 valence electrons. The second-order valence-corrected chi connectivity index (χ2v) is 5.75. The number of carboxylic acid groups (broad SMARTS) is 1. The third kappa shape index (κ3) is 1.77. The molecular formula is C7H12O4S. The molecule has 0 aliphatic carbocycles. The molecule has 1 saturated heterocycles. The zero-order valence-corrected chi connectivity index (χ0v) is 7.73. The van der Waals surface area contributed by atoms with Crippen molar-refractivity contribution in [2.45, 2.75) is 19.8 Å². The van der Waals surface area contributed by atoms with Crippen LogP contribution in [-0.4, -0.2) is 31.0 Å². The molecule has 12 heavy (non-hydrogen) atoms. The third-order valence-electron chi connectivity index (χ3n) is 2.24. The molecule has 5 heteroatoms. The van der Waals surface area contributed by atoms with Gasteiger partial charge in [0.25, 0.3) is 0 Å². The summed E-state index contributed by atoms with van der Waals surface area (Å²) < 4.78 is 22.2. The molecule has 1 heterocycles. The maximum Gasteiger partial charge on any atom is 0.310 e. The summed E-state index contributed by atoms with van der Waals surface area (Å²) in [6.45, 7) is 1.49. The van der Waals surface area contributed by atoms with Crippen LogP contribution in [-0.2, 0) is 14.6 Å². The number of carboxylic acids is 1. The van der Waals surface area contributed by atoms with Gasteiger partial charge in [0, 0.05) is 0 Å². The van der Waals surface area contributed by atoms with E-state index in [1.165, 1.54) is 6.92 Å². The first-order chi connectivity index (χ1) is 5.36. The summed E-state index contributed by atoms with van der Waals surface area (Å²) in [6, 6.07) is 0. The van der Waals surface area contributed by atoms with E-state index in [1.807, 2.05) is 0 Å². The average molecular weight is 192 g/mol. The minimum atomic E-state index is -3.12. The molecule has 1 aliphatic heterocycles. The lowest BCUT2D eigenvalue weighted by molar-refractivity contribution is -0.147. The van der Waals surface area contributed by atoms with E-state index in [0.717, 1.165) is 0 Å². The van der Waals surface area contributed by atoms with Crippen molar-refractivity contribution in [3.05, 3.63) is 0 Å². The molecule has 0 amide bonds.